The maximum absolute atomic E-state index is 12.6. The Morgan fingerprint density at radius 3 is 2.48 bits per heavy atom. The molecule has 0 aliphatic carbocycles. The fourth-order valence-electron chi connectivity index (χ4n) is 2.53. The second kappa shape index (κ2) is 7.18. The largest absolute Gasteiger partial charge is 0.497 e. The van der Waals surface area contributed by atoms with Crippen molar-refractivity contribution in [3.63, 3.8) is 0 Å². The van der Waals surface area contributed by atoms with Gasteiger partial charge in [0.15, 0.2) is 0 Å². The summed E-state index contributed by atoms with van der Waals surface area (Å²) in [7, 11) is 3.23. The molecule has 2 rings (SSSR count). The standard InChI is InChI=1S/C19H23NO3/c1-12-7-6-8-16(13(12)2)19(21)20-14(3)17-11-15(22-4)9-10-18(17)23-5/h6-11,14H,1-5H3,(H,20,21). The van der Waals surface area contributed by atoms with Gasteiger partial charge < -0.3 is 14.8 Å². The molecule has 2 aromatic carbocycles. The Balaban J connectivity index is 2.26. The first-order valence-electron chi connectivity index (χ1n) is 7.57. The summed E-state index contributed by atoms with van der Waals surface area (Å²) in [5, 5.41) is 3.03. The van der Waals surface area contributed by atoms with Crippen LogP contribution in [-0.2, 0) is 0 Å². The van der Waals surface area contributed by atoms with Crippen molar-refractivity contribution in [3.8, 4) is 11.5 Å². The zero-order chi connectivity index (χ0) is 17.0. The lowest BCUT2D eigenvalue weighted by molar-refractivity contribution is 0.0938. The number of benzene rings is 2. The fourth-order valence-corrected chi connectivity index (χ4v) is 2.53. The van der Waals surface area contributed by atoms with Crippen LogP contribution < -0.4 is 14.8 Å². The molecule has 0 spiro atoms. The average Bonchev–Trinajstić information content (AvgIpc) is 2.56. The lowest BCUT2D eigenvalue weighted by atomic mass is 10.0. The Hall–Kier alpha value is -2.49. The van der Waals surface area contributed by atoms with Crippen molar-refractivity contribution in [2.24, 2.45) is 0 Å². The van der Waals surface area contributed by atoms with E-state index < -0.39 is 0 Å². The van der Waals surface area contributed by atoms with Crippen molar-refractivity contribution >= 4 is 5.91 Å². The molecule has 23 heavy (non-hydrogen) atoms. The molecular weight excluding hydrogens is 290 g/mol. The van der Waals surface area contributed by atoms with E-state index in [-0.39, 0.29) is 11.9 Å². The lowest BCUT2D eigenvalue weighted by Crippen LogP contribution is -2.27. The van der Waals surface area contributed by atoms with Crippen LogP contribution in [-0.4, -0.2) is 20.1 Å². The number of methoxy groups -OCH3 is 2. The van der Waals surface area contributed by atoms with Gasteiger partial charge in [-0.2, -0.15) is 0 Å². The number of ether oxygens (including phenoxy) is 2. The number of amides is 1. The van der Waals surface area contributed by atoms with Crippen LogP contribution in [0.25, 0.3) is 0 Å². The molecule has 0 fully saturated rings. The number of nitrogens with one attached hydrogen (secondary N) is 1. The van der Waals surface area contributed by atoms with Crippen molar-refractivity contribution < 1.29 is 14.3 Å². The van der Waals surface area contributed by atoms with Crippen molar-refractivity contribution in [2.75, 3.05) is 14.2 Å². The van der Waals surface area contributed by atoms with Crippen molar-refractivity contribution in [3.05, 3.63) is 58.7 Å². The molecule has 1 N–H and O–H groups in total. The topological polar surface area (TPSA) is 47.6 Å². The molecule has 122 valence electrons. The molecule has 1 amide bonds. The van der Waals surface area contributed by atoms with Gasteiger partial charge in [0, 0.05) is 11.1 Å². The second-order valence-corrected chi connectivity index (χ2v) is 5.55. The molecule has 0 aliphatic heterocycles. The number of carbonyl (C=O) groups excluding carboxylic acids is 1. The summed E-state index contributed by atoms with van der Waals surface area (Å²) in [6.07, 6.45) is 0. The second-order valence-electron chi connectivity index (χ2n) is 5.55. The maximum Gasteiger partial charge on any atom is 0.252 e. The summed E-state index contributed by atoms with van der Waals surface area (Å²) in [6, 6.07) is 11.1. The minimum atomic E-state index is -0.201. The number of aryl methyl sites for hydroxylation is 1. The van der Waals surface area contributed by atoms with E-state index in [1.54, 1.807) is 14.2 Å². The van der Waals surface area contributed by atoms with Crippen LogP contribution in [0, 0.1) is 13.8 Å². The first-order chi connectivity index (χ1) is 11.0. The Morgan fingerprint density at radius 2 is 1.83 bits per heavy atom. The molecule has 1 atom stereocenters. The van der Waals surface area contributed by atoms with Gasteiger partial charge in [0.05, 0.1) is 20.3 Å². The summed E-state index contributed by atoms with van der Waals surface area (Å²) in [5.41, 5.74) is 3.67. The third-order valence-corrected chi connectivity index (χ3v) is 4.10. The van der Waals surface area contributed by atoms with Crippen LogP contribution in [0.15, 0.2) is 36.4 Å². The van der Waals surface area contributed by atoms with E-state index in [2.05, 4.69) is 5.32 Å². The summed E-state index contributed by atoms with van der Waals surface area (Å²) in [6.45, 7) is 5.89. The van der Waals surface area contributed by atoms with Gasteiger partial charge in [-0.3, -0.25) is 4.79 Å². The predicted molar refractivity (Wildman–Crippen MR) is 91.3 cm³/mol. The molecule has 0 saturated carbocycles. The fraction of sp³-hybridized carbons (Fsp3) is 0.316. The molecule has 0 saturated heterocycles. The van der Waals surface area contributed by atoms with Crippen LogP contribution in [0.5, 0.6) is 11.5 Å². The monoisotopic (exact) mass is 313 g/mol. The Morgan fingerprint density at radius 1 is 1.09 bits per heavy atom. The molecule has 0 radical (unpaired) electrons. The van der Waals surface area contributed by atoms with E-state index in [9.17, 15) is 4.79 Å². The Bertz CT molecular complexity index is 710. The first-order valence-corrected chi connectivity index (χ1v) is 7.57. The number of hydrogen-bond acceptors (Lipinski definition) is 3. The highest BCUT2D eigenvalue weighted by Crippen LogP contribution is 2.29. The molecule has 0 aromatic heterocycles. The normalized spacial score (nSPS) is 11.7. The van der Waals surface area contributed by atoms with Gasteiger partial charge in [0.2, 0.25) is 0 Å². The zero-order valence-electron chi connectivity index (χ0n) is 14.3. The average molecular weight is 313 g/mol. The van der Waals surface area contributed by atoms with Crippen LogP contribution in [0.1, 0.15) is 40.0 Å². The smallest absolute Gasteiger partial charge is 0.252 e. The number of hydrogen-bond donors (Lipinski definition) is 1. The zero-order valence-corrected chi connectivity index (χ0v) is 14.3. The first kappa shape index (κ1) is 16.9. The SMILES string of the molecule is COc1ccc(OC)c(C(C)NC(=O)c2cccc(C)c2C)c1. The van der Waals surface area contributed by atoms with E-state index >= 15 is 0 Å². The maximum atomic E-state index is 12.6. The molecule has 0 heterocycles. The van der Waals surface area contributed by atoms with Gasteiger partial charge >= 0.3 is 0 Å². The van der Waals surface area contributed by atoms with E-state index in [0.29, 0.717) is 5.56 Å². The van der Waals surface area contributed by atoms with Crippen molar-refractivity contribution in [1.29, 1.82) is 0 Å². The highest BCUT2D eigenvalue weighted by Gasteiger charge is 2.17. The van der Waals surface area contributed by atoms with Crippen molar-refractivity contribution in [1.82, 2.24) is 5.32 Å². The highest BCUT2D eigenvalue weighted by molar-refractivity contribution is 5.96. The third kappa shape index (κ3) is 3.65. The van der Waals surface area contributed by atoms with Gasteiger partial charge in [0.1, 0.15) is 11.5 Å². The van der Waals surface area contributed by atoms with Crippen LogP contribution in [0.3, 0.4) is 0 Å². The quantitative estimate of drug-likeness (QED) is 0.913. The van der Waals surface area contributed by atoms with E-state index in [4.69, 9.17) is 9.47 Å². The number of rotatable bonds is 5. The molecule has 0 aliphatic rings. The molecule has 0 bridgehead atoms. The lowest BCUT2D eigenvalue weighted by Gasteiger charge is -2.19. The minimum absolute atomic E-state index is 0.0939. The Labute approximate surface area is 137 Å². The van der Waals surface area contributed by atoms with E-state index in [0.717, 1.165) is 28.2 Å². The van der Waals surface area contributed by atoms with Crippen LogP contribution in [0.2, 0.25) is 0 Å². The van der Waals surface area contributed by atoms with Crippen molar-refractivity contribution in [2.45, 2.75) is 26.8 Å². The van der Waals surface area contributed by atoms with Gasteiger partial charge in [0.25, 0.3) is 5.91 Å². The van der Waals surface area contributed by atoms with Gasteiger partial charge in [-0.05, 0) is 56.2 Å². The summed E-state index contributed by atoms with van der Waals surface area (Å²) >= 11 is 0. The molecule has 4 heteroatoms. The highest BCUT2D eigenvalue weighted by atomic mass is 16.5. The molecule has 2 aromatic rings. The van der Waals surface area contributed by atoms with Gasteiger partial charge in [-0.1, -0.05) is 12.1 Å². The van der Waals surface area contributed by atoms with Gasteiger partial charge in [-0.25, -0.2) is 0 Å². The molecule has 4 nitrogen and oxygen atoms in total. The van der Waals surface area contributed by atoms with Crippen LogP contribution >= 0.6 is 0 Å². The third-order valence-electron chi connectivity index (χ3n) is 4.10. The predicted octanol–water partition coefficient (Wildman–Crippen LogP) is 3.81. The summed E-state index contributed by atoms with van der Waals surface area (Å²) in [5.74, 6) is 1.36. The molecule has 1 unspecified atom stereocenters. The molecular formula is C19H23NO3. The van der Waals surface area contributed by atoms with E-state index in [1.165, 1.54) is 0 Å². The van der Waals surface area contributed by atoms with E-state index in [1.807, 2.05) is 57.2 Å². The van der Waals surface area contributed by atoms with Crippen LogP contribution in [0.4, 0.5) is 0 Å². The van der Waals surface area contributed by atoms with Gasteiger partial charge in [-0.15, -0.1) is 0 Å². The number of carbonyl (C=O) groups is 1. The minimum Gasteiger partial charge on any atom is -0.497 e. The summed E-state index contributed by atoms with van der Waals surface area (Å²) < 4.78 is 10.6. The Kier molecular flexibility index (Phi) is 5.27. The summed E-state index contributed by atoms with van der Waals surface area (Å²) in [4.78, 5) is 12.6.